The Bertz CT molecular complexity index is 414. The van der Waals surface area contributed by atoms with Gasteiger partial charge in [-0.3, -0.25) is 4.79 Å². The number of hydrogen-bond donors (Lipinski definition) is 2. The number of hydrogen-bond acceptors (Lipinski definition) is 2. The molecule has 0 radical (unpaired) electrons. The van der Waals surface area contributed by atoms with Crippen LogP contribution in [-0.4, -0.2) is 23.9 Å². The summed E-state index contributed by atoms with van der Waals surface area (Å²) in [5, 5.41) is 2.48. The van der Waals surface area contributed by atoms with E-state index in [1.54, 1.807) is 30.1 Å². The third-order valence-electron chi connectivity index (χ3n) is 2.15. The van der Waals surface area contributed by atoms with Gasteiger partial charge in [0.1, 0.15) is 0 Å². The molecule has 0 spiro atoms. The smallest absolute Gasteiger partial charge is 0.316 e. The second-order valence-corrected chi connectivity index (χ2v) is 3.56. The Morgan fingerprint density at radius 1 is 1.39 bits per heavy atom. The number of carbonyl (C=O) groups excluding carboxylic acids is 2. The minimum absolute atomic E-state index is 0. The van der Waals surface area contributed by atoms with Crippen molar-refractivity contribution in [3.8, 4) is 0 Å². The van der Waals surface area contributed by atoms with Gasteiger partial charge in [-0.25, -0.2) is 4.79 Å². The number of rotatable bonds is 3. The van der Waals surface area contributed by atoms with Gasteiger partial charge in [0.05, 0.1) is 0 Å². The first-order chi connectivity index (χ1) is 8.49. The Hall–Kier alpha value is -2.04. The van der Waals surface area contributed by atoms with Crippen LogP contribution in [0.25, 0.3) is 0 Å². The molecule has 0 atom stereocenters. The average Bonchev–Trinajstić information content (AvgIpc) is 2.31. The van der Waals surface area contributed by atoms with E-state index in [0.29, 0.717) is 12.2 Å². The van der Waals surface area contributed by atoms with Gasteiger partial charge in [0.15, 0.2) is 0 Å². The lowest BCUT2D eigenvalue weighted by molar-refractivity contribution is -0.128. The molecule has 5 heteroatoms. The Kier molecular flexibility index (Phi) is 7.19. The molecule has 0 heterocycles. The van der Waals surface area contributed by atoms with Crippen LogP contribution in [-0.2, 0) is 11.3 Å². The maximum absolute atomic E-state index is 11.0. The predicted octanol–water partition coefficient (Wildman–Crippen LogP) is 2.67. The van der Waals surface area contributed by atoms with Crippen molar-refractivity contribution in [2.24, 2.45) is 5.73 Å². The molecule has 0 aliphatic heterocycles. The Morgan fingerprint density at radius 2 is 2.00 bits per heavy atom. The highest BCUT2D eigenvalue weighted by Gasteiger charge is 2.04. The maximum Gasteiger partial charge on any atom is 0.316 e. The summed E-state index contributed by atoms with van der Waals surface area (Å²) in [6, 6.07) is 6.60. The van der Waals surface area contributed by atoms with E-state index in [9.17, 15) is 9.59 Å². The molecule has 0 aliphatic carbocycles. The van der Waals surface area contributed by atoms with Crippen LogP contribution >= 0.6 is 0 Å². The summed E-state index contributed by atoms with van der Waals surface area (Å²) >= 11 is 0. The van der Waals surface area contributed by atoms with E-state index in [2.05, 4.69) is 5.32 Å². The molecule has 1 aromatic rings. The monoisotopic (exact) mass is 255 g/mol. The van der Waals surface area contributed by atoms with E-state index >= 15 is 0 Å². The van der Waals surface area contributed by atoms with Crippen LogP contribution in [0.4, 0.5) is 10.5 Å². The van der Waals surface area contributed by atoms with Gasteiger partial charge in [-0.2, -0.15) is 0 Å². The highest BCUT2D eigenvalue weighted by atomic mass is 16.2. The average molecular weight is 255 g/mol. The molecule has 0 saturated heterocycles. The molecule has 0 saturated carbocycles. The van der Waals surface area contributed by atoms with E-state index in [4.69, 9.17) is 5.73 Å². The summed E-state index contributed by atoms with van der Waals surface area (Å²) in [7, 11) is 1.72. The molecule has 3 amide bonds. The highest BCUT2D eigenvalue weighted by molar-refractivity contribution is 5.87. The van der Waals surface area contributed by atoms with Crippen molar-refractivity contribution in [2.75, 3.05) is 12.4 Å². The lowest BCUT2D eigenvalue weighted by atomic mass is 10.2. The fourth-order valence-electron chi connectivity index (χ4n) is 1.27. The second-order valence-electron chi connectivity index (χ2n) is 3.56. The number of nitrogens with two attached hydrogens (primary N) is 1. The number of benzene rings is 1. The molecule has 0 fully saturated rings. The SMILES string of the molecule is CC.CC(=O)N(C)Cc1cccc(NC(N)=O)c1.[HH].[HH]. The largest absolute Gasteiger partial charge is 0.351 e. The molecule has 3 N–H and O–H groups in total. The molecule has 18 heavy (non-hydrogen) atoms. The zero-order valence-corrected chi connectivity index (χ0v) is 11.4. The summed E-state index contributed by atoms with van der Waals surface area (Å²) in [5.41, 5.74) is 6.57. The number of nitrogens with zero attached hydrogens (tertiary/aromatic N) is 1. The number of amides is 3. The summed E-state index contributed by atoms with van der Waals surface area (Å²) < 4.78 is 0. The van der Waals surface area contributed by atoms with Crippen LogP contribution in [0.2, 0.25) is 0 Å². The highest BCUT2D eigenvalue weighted by Crippen LogP contribution is 2.11. The quantitative estimate of drug-likeness (QED) is 0.871. The first-order valence-corrected chi connectivity index (χ1v) is 5.86. The van der Waals surface area contributed by atoms with Gasteiger partial charge in [0.2, 0.25) is 5.91 Å². The molecular weight excluding hydrogens is 230 g/mol. The lowest BCUT2D eigenvalue weighted by Crippen LogP contribution is -2.23. The number of primary amides is 1. The van der Waals surface area contributed by atoms with Gasteiger partial charge in [0, 0.05) is 29.1 Å². The minimum atomic E-state index is -0.600. The molecule has 1 aromatic carbocycles. The third-order valence-corrected chi connectivity index (χ3v) is 2.15. The van der Waals surface area contributed by atoms with E-state index in [1.807, 2.05) is 19.9 Å². The van der Waals surface area contributed by atoms with Crippen molar-refractivity contribution in [3.63, 3.8) is 0 Å². The molecule has 1 rings (SSSR count). The fraction of sp³-hybridized carbons (Fsp3) is 0.385. The molecular formula is C13H25N3O2. The molecule has 0 bridgehead atoms. The topological polar surface area (TPSA) is 75.4 Å². The van der Waals surface area contributed by atoms with Crippen molar-refractivity contribution in [3.05, 3.63) is 29.8 Å². The Balaban J connectivity index is -0.000000689. The van der Waals surface area contributed by atoms with Crippen LogP contribution in [0.5, 0.6) is 0 Å². The van der Waals surface area contributed by atoms with Gasteiger partial charge < -0.3 is 16.0 Å². The van der Waals surface area contributed by atoms with Gasteiger partial charge in [0.25, 0.3) is 0 Å². The summed E-state index contributed by atoms with van der Waals surface area (Å²) in [6.07, 6.45) is 0. The summed E-state index contributed by atoms with van der Waals surface area (Å²) in [4.78, 5) is 23.3. The first kappa shape index (κ1) is 16.0. The van der Waals surface area contributed by atoms with Crippen LogP contribution < -0.4 is 11.1 Å². The third kappa shape index (κ3) is 5.89. The molecule has 0 aliphatic rings. The number of urea groups is 1. The van der Waals surface area contributed by atoms with Gasteiger partial charge in [-0.15, -0.1) is 0 Å². The van der Waals surface area contributed by atoms with Crippen LogP contribution in [0.1, 0.15) is 29.2 Å². The number of carbonyl (C=O) groups is 2. The zero-order valence-electron chi connectivity index (χ0n) is 11.4. The summed E-state index contributed by atoms with van der Waals surface area (Å²) in [5.74, 6) is -0.00624. The molecule has 0 unspecified atom stereocenters. The van der Waals surface area contributed by atoms with E-state index in [1.165, 1.54) is 6.92 Å². The predicted molar refractivity (Wildman–Crippen MR) is 77.4 cm³/mol. The minimum Gasteiger partial charge on any atom is -0.351 e. The first-order valence-electron chi connectivity index (χ1n) is 5.86. The van der Waals surface area contributed by atoms with Crippen molar-refractivity contribution < 1.29 is 12.4 Å². The van der Waals surface area contributed by atoms with Gasteiger partial charge in [-0.1, -0.05) is 26.0 Å². The van der Waals surface area contributed by atoms with E-state index in [0.717, 1.165) is 5.56 Å². The second kappa shape index (κ2) is 8.11. The van der Waals surface area contributed by atoms with Gasteiger partial charge in [-0.05, 0) is 17.7 Å². The van der Waals surface area contributed by atoms with E-state index < -0.39 is 6.03 Å². The standard InChI is InChI=1S/C11H15N3O2.C2H6.2H2/c1-8(15)14(2)7-9-4-3-5-10(6-9)13-11(12)16;1-2;;/h3-6H,7H2,1-2H3,(H3,12,13,16);1-2H3;2*1H. The Labute approximate surface area is 111 Å². The lowest BCUT2D eigenvalue weighted by Gasteiger charge is -2.15. The molecule has 0 aromatic heterocycles. The van der Waals surface area contributed by atoms with Gasteiger partial charge >= 0.3 is 6.03 Å². The van der Waals surface area contributed by atoms with Crippen molar-refractivity contribution in [1.29, 1.82) is 0 Å². The van der Waals surface area contributed by atoms with E-state index in [-0.39, 0.29) is 8.76 Å². The molecule has 104 valence electrons. The molecule has 5 nitrogen and oxygen atoms in total. The number of anilines is 1. The van der Waals surface area contributed by atoms with Crippen LogP contribution in [0.3, 0.4) is 0 Å². The normalized spacial score (nSPS) is 8.89. The fourth-order valence-corrected chi connectivity index (χ4v) is 1.27. The van der Waals surface area contributed by atoms with Crippen molar-refractivity contribution in [2.45, 2.75) is 27.3 Å². The van der Waals surface area contributed by atoms with Crippen LogP contribution in [0.15, 0.2) is 24.3 Å². The van der Waals surface area contributed by atoms with Crippen molar-refractivity contribution in [1.82, 2.24) is 4.90 Å². The summed E-state index contributed by atoms with van der Waals surface area (Å²) in [6.45, 7) is 6.01. The number of nitrogens with one attached hydrogen (secondary N) is 1. The van der Waals surface area contributed by atoms with Crippen molar-refractivity contribution >= 4 is 17.6 Å². The zero-order chi connectivity index (χ0) is 14.1. The van der Waals surface area contributed by atoms with Crippen LogP contribution in [0, 0.1) is 0 Å². The Morgan fingerprint density at radius 3 is 2.50 bits per heavy atom. The maximum atomic E-state index is 11.0.